The van der Waals surface area contributed by atoms with Crippen molar-refractivity contribution < 1.29 is 14.3 Å². The summed E-state index contributed by atoms with van der Waals surface area (Å²) in [6.07, 6.45) is -0.534. The van der Waals surface area contributed by atoms with E-state index in [1.807, 2.05) is 66.7 Å². The normalized spacial score (nSPS) is 12.9. The third kappa shape index (κ3) is 4.57. The molecule has 0 saturated carbocycles. The van der Waals surface area contributed by atoms with E-state index in [0.717, 1.165) is 5.56 Å². The summed E-state index contributed by atoms with van der Waals surface area (Å²) in [6.45, 7) is 0. The van der Waals surface area contributed by atoms with Crippen molar-refractivity contribution in [3.8, 4) is 0 Å². The van der Waals surface area contributed by atoms with Gasteiger partial charge in [-0.3, -0.25) is 9.59 Å². The Bertz CT molecular complexity index is 873. The molecule has 0 aliphatic rings. The number of hydrogen-bond donors (Lipinski definition) is 0. The van der Waals surface area contributed by atoms with Crippen molar-refractivity contribution in [1.29, 1.82) is 0 Å². The second-order valence-corrected chi connectivity index (χ2v) is 6.40. The lowest BCUT2D eigenvalue weighted by Crippen LogP contribution is -2.32. The van der Waals surface area contributed by atoms with Gasteiger partial charge in [-0.2, -0.15) is 0 Å². The molecule has 136 valence electrons. The second kappa shape index (κ2) is 9.06. The lowest BCUT2D eigenvalue weighted by Gasteiger charge is -2.25. The average molecular weight is 358 g/mol. The molecule has 0 bridgehead atoms. The molecule has 0 heterocycles. The van der Waals surface area contributed by atoms with Crippen LogP contribution in [0.2, 0.25) is 0 Å². The predicted octanol–water partition coefficient (Wildman–Crippen LogP) is 4.94. The van der Waals surface area contributed by atoms with E-state index in [9.17, 15) is 9.59 Å². The van der Waals surface area contributed by atoms with E-state index in [4.69, 9.17) is 4.74 Å². The zero-order valence-electron chi connectivity index (χ0n) is 15.2. The van der Waals surface area contributed by atoms with Crippen molar-refractivity contribution in [2.45, 2.75) is 18.4 Å². The minimum absolute atomic E-state index is 0.00707. The molecule has 0 aliphatic heterocycles. The van der Waals surface area contributed by atoms with Crippen LogP contribution in [-0.2, 0) is 4.74 Å². The van der Waals surface area contributed by atoms with Crippen LogP contribution in [0.4, 0.5) is 0 Å². The zero-order valence-corrected chi connectivity index (χ0v) is 15.2. The van der Waals surface area contributed by atoms with Crippen LogP contribution in [-0.4, -0.2) is 24.8 Å². The minimum Gasteiger partial charge on any atom is -0.373 e. The Kier molecular flexibility index (Phi) is 6.29. The van der Waals surface area contributed by atoms with E-state index in [2.05, 4.69) is 0 Å². The number of ether oxygens (including phenoxy) is 1. The maximum Gasteiger partial charge on any atom is 0.192 e. The smallest absolute Gasteiger partial charge is 0.192 e. The molecule has 3 heteroatoms. The molecule has 3 aromatic rings. The molecule has 0 unspecified atom stereocenters. The fraction of sp³-hybridized carbons (Fsp3) is 0.167. The van der Waals surface area contributed by atoms with Crippen molar-refractivity contribution in [1.82, 2.24) is 0 Å². The van der Waals surface area contributed by atoms with Crippen molar-refractivity contribution in [2.75, 3.05) is 7.11 Å². The van der Waals surface area contributed by atoms with Crippen LogP contribution >= 0.6 is 0 Å². The standard InChI is InChI=1S/C24H22O3/c1-27-24(23(26)20-15-9-4-10-16-20)21(18-11-5-2-6-12-18)17-22(25)19-13-7-3-8-14-19/h2-16,21,24H,17H2,1H3/t21-,24-/m0/s1. The van der Waals surface area contributed by atoms with E-state index >= 15 is 0 Å². The van der Waals surface area contributed by atoms with Crippen LogP contribution in [0, 0.1) is 0 Å². The molecule has 0 aliphatic carbocycles. The number of hydrogen-bond acceptors (Lipinski definition) is 3. The lowest BCUT2D eigenvalue weighted by atomic mass is 9.84. The first-order valence-corrected chi connectivity index (χ1v) is 8.96. The molecule has 0 spiro atoms. The highest BCUT2D eigenvalue weighted by molar-refractivity contribution is 6.01. The molecule has 0 N–H and O–H groups in total. The monoisotopic (exact) mass is 358 g/mol. The Morgan fingerprint density at radius 2 is 1.22 bits per heavy atom. The Balaban J connectivity index is 1.93. The fourth-order valence-corrected chi connectivity index (χ4v) is 3.26. The molecule has 0 aromatic heterocycles. The van der Waals surface area contributed by atoms with Crippen LogP contribution in [0.3, 0.4) is 0 Å². The number of ketones is 2. The summed E-state index contributed by atoms with van der Waals surface area (Å²) in [5.74, 6) is -0.489. The molecule has 3 rings (SSSR count). The third-order valence-electron chi connectivity index (χ3n) is 4.66. The Morgan fingerprint density at radius 3 is 1.74 bits per heavy atom. The van der Waals surface area contributed by atoms with E-state index in [0.29, 0.717) is 11.1 Å². The Hall–Kier alpha value is -3.04. The zero-order chi connectivity index (χ0) is 19.1. The summed E-state index contributed by atoms with van der Waals surface area (Å²) < 4.78 is 5.62. The van der Waals surface area contributed by atoms with Crippen molar-refractivity contribution >= 4 is 11.6 Å². The average Bonchev–Trinajstić information content (AvgIpc) is 2.75. The Morgan fingerprint density at radius 1 is 0.741 bits per heavy atom. The lowest BCUT2D eigenvalue weighted by molar-refractivity contribution is 0.0499. The SMILES string of the molecule is CO[C@H](C(=O)c1ccccc1)[C@@H](CC(=O)c1ccccc1)c1ccccc1. The summed E-state index contributed by atoms with van der Waals surface area (Å²) in [5, 5.41) is 0. The molecule has 3 nitrogen and oxygen atoms in total. The van der Waals surface area contributed by atoms with Gasteiger partial charge in [-0.15, -0.1) is 0 Å². The summed E-state index contributed by atoms with van der Waals surface area (Å²) in [5.41, 5.74) is 2.13. The summed E-state index contributed by atoms with van der Waals surface area (Å²) in [7, 11) is 1.52. The van der Waals surface area contributed by atoms with E-state index in [-0.39, 0.29) is 23.9 Å². The maximum atomic E-state index is 13.1. The van der Waals surface area contributed by atoms with Crippen LogP contribution < -0.4 is 0 Å². The number of carbonyl (C=O) groups is 2. The first-order chi connectivity index (χ1) is 13.2. The molecule has 2 atom stereocenters. The number of carbonyl (C=O) groups excluding carboxylic acids is 2. The van der Waals surface area contributed by atoms with Gasteiger partial charge in [-0.05, 0) is 5.56 Å². The molecule has 0 saturated heterocycles. The second-order valence-electron chi connectivity index (χ2n) is 6.40. The van der Waals surface area contributed by atoms with E-state index in [1.165, 1.54) is 7.11 Å². The maximum absolute atomic E-state index is 13.1. The number of methoxy groups -OCH3 is 1. The van der Waals surface area contributed by atoms with Crippen molar-refractivity contribution in [2.24, 2.45) is 0 Å². The summed E-state index contributed by atoms with van der Waals surface area (Å²) >= 11 is 0. The third-order valence-corrected chi connectivity index (χ3v) is 4.66. The van der Waals surface area contributed by atoms with Gasteiger partial charge in [-0.1, -0.05) is 91.0 Å². The summed E-state index contributed by atoms with van der Waals surface area (Å²) in [4.78, 5) is 25.9. The van der Waals surface area contributed by atoms with Gasteiger partial charge < -0.3 is 4.74 Å². The Labute approximate surface area is 159 Å². The molecular weight excluding hydrogens is 336 g/mol. The van der Waals surface area contributed by atoms with Crippen LogP contribution in [0.5, 0.6) is 0 Å². The van der Waals surface area contributed by atoms with Gasteiger partial charge in [0.05, 0.1) is 0 Å². The largest absolute Gasteiger partial charge is 0.373 e. The van der Waals surface area contributed by atoms with Gasteiger partial charge >= 0.3 is 0 Å². The first kappa shape index (κ1) is 18.7. The minimum atomic E-state index is -0.734. The molecule has 0 radical (unpaired) electrons. The molecule has 0 amide bonds. The van der Waals surface area contributed by atoms with Crippen LogP contribution in [0.25, 0.3) is 0 Å². The topological polar surface area (TPSA) is 43.4 Å². The van der Waals surface area contributed by atoms with E-state index in [1.54, 1.807) is 24.3 Å². The molecular formula is C24H22O3. The van der Waals surface area contributed by atoms with Gasteiger partial charge in [0.2, 0.25) is 0 Å². The first-order valence-electron chi connectivity index (χ1n) is 8.96. The van der Waals surface area contributed by atoms with Gasteiger partial charge in [0, 0.05) is 30.6 Å². The molecule has 0 fully saturated rings. The van der Waals surface area contributed by atoms with Crippen molar-refractivity contribution in [3.63, 3.8) is 0 Å². The van der Waals surface area contributed by atoms with Crippen LogP contribution in [0.15, 0.2) is 91.0 Å². The van der Waals surface area contributed by atoms with Gasteiger partial charge in [-0.25, -0.2) is 0 Å². The fourth-order valence-electron chi connectivity index (χ4n) is 3.26. The van der Waals surface area contributed by atoms with Crippen molar-refractivity contribution in [3.05, 3.63) is 108 Å². The number of rotatable bonds is 8. The highest BCUT2D eigenvalue weighted by atomic mass is 16.5. The van der Waals surface area contributed by atoms with Gasteiger partial charge in [0.1, 0.15) is 6.10 Å². The molecule has 27 heavy (non-hydrogen) atoms. The molecule has 3 aromatic carbocycles. The highest BCUT2D eigenvalue weighted by Crippen LogP contribution is 2.29. The number of Topliss-reactive ketones (excluding diaryl/α,β-unsaturated/α-hetero) is 2. The number of benzene rings is 3. The van der Waals surface area contributed by atoms with Gasteiger partial charge in [0.15, 0.2) is 11.6 Å². The quantitative estimate of drug-likeness (QED) is 0.536. The summed E-state index contributed by atoms with van der Waals surface area (Å²) in [6, 6.07) is 27.8. The van der Waals surface area contributed by atoms with E-state index < -0.39 is 6.10 Å². The predicted molar refractivity (Wildman–Crippen MR) is 106 cm³/mol. The highest BCUT2D eigenvalue weighted by Gasteiger charge is 2.32. The van der Waals surface area contributed by atoms with Gasteiger partial charge in [0.25, 0.3) is 0 Å². The van der Waals surface area contributed by atoms with Crippen LogP contribution in [0.1, 0.15) is 38.6 Å².